The molecule has 0 atom stereocenters. The highest BCUT2D eigenvalue weighted by Gasteiger charge is 2.11. The Kier molecular flexibility index (Phi) is 15.7. The van der Waals surface area contributed by atoms with Gasteiger partial charge in [0.05, 0.1) is 27.9 Å². The molecule has 1 aromatic rings. The van der Waals surface area contributed by atoms with Gasteiger partial charge in [-0.2, -0.15) is 0 Å². The summed E-state index contributed by atoms with van der Waals surface area (Å²) in [5, 5.41) is 6.59. The fraction of sp³-hybridized carbons (Fsp3) is 0.650. The minimum absolute atomic E-state index is 0. The molecule has 1 aromatic carbocycles. The molecule has 7 nitrogen and oxygen atoms in total. The SMILES string of the molecule is CCCCOCCCNC(=NCc1cc(OC)c(OC)cc1OC)NCC.I. The van der Waals surface area contributed by atoms with Crippen LogP contribution < -0.4 is 24.8 Å². The number of ether oxygens (including phenoxy) is 4. The third kappa shape index (κ3) is 9.68. The highest BCUT2D eigenvalue weighted by molar-refractivity contribution is 14.0. The maximum atomic E-state index is 5.58. The van der Waals surface area contributed by atoms with Gasteiger partial charge < -0.3 is 29.6 Å². The number of rotatable bonds is 13. The van der Waals surface area contributed by atoms with Crippen molar-refractivity contribution in [3.63, 3.8) is 0 Å². The molecule has 0 aromatic heterocycles. The standard InChI is InChI=1S/C20H35N3O4.HI/c1-6-8-11-27-12-9-10-22-20(21-7-2)23-15-16-13-18(25-4)19(26-5)14-17(16)24-3;/h13-14H,6-12,15H2,1-5H3,(H2,21,22,23);1H. The summed E-state index contributed by atoms with van der Waals surface area (Å²) in [7, 11) is 4.86. The lowest BCUT2D eigenvalue weighted by atomic mass is 10.1. The number of unbranched alkanes of at least 4 members (excludes halogenated alkanes) is 1. The van der Waals surface area contributed by atoms with E-state index < -0.39 is 0 Å². The van der Waals surface area contributed by atoms with Crippen LogP contribution in [0.3, 0.4) is 0 Å². The second kappa shape index (κ2) is 16.5. The van der Waals surface area contributed by atoms with Crippen molar-refractivity contribution in [2.45, 2.75) is 39.7 Å². The zero-order valence-electron chi connectivity index (χ0n) is 17.8. The Morgan fingerprint density at radius 3 is 2.14 bits per heavy atom. The summed E-state index contributed by atoms with van der Waals surface area (Å²) < 4.78 is 21.7. The minimum Gasteiger partial charge on any atom is -0.496 e. The monoisotopic (exact) mass is 509 g/mol. The number of hydrogen-bond donors (Lipinski definition) is 2. The van der Waals surface area contributed by atoms with E-state index in [0.29, 0.717) is 18.0 Å². The second-order valence-corrected chi connectivity index (χ2v) is 5.96. The van der Waals surface area contributed by atoms with Crippen LogP contribution in [0.5, 0.6) is 17.2 Å². The van der Waals surface area contributed by atoms with Gasteiger partial charge >= 0.3 is 0 Å². The molecule has 0 heterocycles. The van der Waals surface area contributed by atoms with Gasteiger partial charge in [-0.1, -0.05) is 13.3 Å². The normalized spacial score (nSPS) is 10.8. The molecule has 0 amide bonds. The van der Waals surface area contributed by atoms with Crippen LogP contribution in [0, 0.1) is 0 Å². The third-order valence-electron chi connectivity index (χ3n) is 3.94. The maximum absolute atomic E-state index is 5.58. The van der Waals surface area contributed by atoms with E-state index in [0.717, 1.165) is 62.8 Å². The summed E-state index contributed by atoms with van der Waals surface area (Å²) in [6.07, 6.45) is 3.22. The first-order chi connectivity index (χ1) is 13.2. The van der Waals surface area contributed by atoms with Crippen molar-refractivity contribution in [1.82, 2.24) is 10.6 Å². The van der Waals surface area contributed by atoms with E-state index in [1.807, 2.05) is 19.1 Å². The van der Waals surface area contributed by atoms with Gasteiger partial charge in [-0.15, -0.1) is 24.0 Å². The summed E-state index contributed by atoms with van der Waals surface area (Å²) in [5.41, 5.74) is 0.926. The quantitative estimate of drug-likeness (QED) is 0.183. The lowest BCUT2D eigenvalue weighted by Crippen LogP contribution is -2.38. The zero-order valence-corrected chi connectivity index (χ0v) is 20.1. The van der Waals surface area contributed by atoms with Crippen molar-refractivity contribution in [2.75, 3.05) is 47.6 Å². The molecule has 0 aliphatic heterocycles. The Morgan fingerprint density at radius 2 is 1.54 bits per heavy atom. The summed E-state index contributed by atoms with van der Waals surface area (Å²) in [6, 6.07) is 3.71. The Morgan fingerprint density at radius 1 is 0.893 bits per heavy atom. The molecular formula is C20H36IN3O4. The number of aliphatic imine (C=N–C) groups is 1. The predicted octanol–water partition coefficient (Wildman–Crippen LogP) is 3.59. The Bertz CT molecular complexity index is 571. The van der Waals surface area contributed by atoms with Gasteiger partial charge in [-0.25, -0.2) is 4.99 Å². The topological polar surface area (TPSA) is 73.3 Å². The molecule has 28 heavy (non-hydrogen) atoms. The molecule has 8 heteroatoms. The molecule has 0 bridgehead atoms. The molecule has 0 aliphatic carbocycles. The van der Waals surface area contributed by atoms with E-state index >= 15 is 0 Å². The highest BCUT2D eigenvalue weighted by Crippen LogP contribution is 2.34. The molecule has 0 radical (unpaired) electrons. The average Bonchev–Trinajstić information content (AvgIpc) is 2.70. The summed E-state index contributed by atoms with van der Waals surface area (Å²) in [6.45, 7) is 7.87. The van der Waals surface area contributed by atoms with Crippen LogP contribution in [0.4, 0.5) is 0 Å². The van der Waals surface area contributed by atoms with E-state index in [4.69, 9.17) is 18.9 Å². The summed E-state index contributed by atoms with van der Waals surface area (Å²) >= 11 is 0. The van der Waals surface area contributed by atoms with Gasteiger partial charge in [0.15, 0.2) is 17.5 Å². The van der Waals surface area contributed by atoms with Crippen molar-refractivity contribution in [2.24, 2.45) is 4.99 Å². The van der Waals surface area contributed by atoms with Gasteiger partial charge in [-0.3, -0.25) is 0 Å². The Labute approximate surface area is 186 Å². The van der Waals surface area contributed by atoms with E-state index in [2.05, 4.69) is 22.5 Å². The fourth-order valence-corrected chi connectivity index (χ4v) is 2.45. The first kappa shape index (κ1) is 26.6. The maximum Gasteiger partial charge on any atom is 0.191 e. The summed E-state index contributed by atoms with van der Waals surface area (Å²) in [5.74, 6) is 2.78. The summed E-state index contributed by atoms with van der Waals surface area (Å²) in [4.78, 5) is 4.65. The van der Waals surface area contributed by atoms with Crippen LogP contribution >= 0.6 is 24.0 Å². The van der Waals surface area contributed by atoms with Gasteiger partial charge in [-0.05, 0) is 25.8 Å². The molecule has 2 N–H and O–H groups in total. The molecule has 162 valence electrons. The zero-order chi connectivity index (χ0) is 19.9. The first-order valence-corrected chi connectivity index (χ1v) is 9.58. The van der Waals surface area contributed by atoms with Crippen molar-refractivity contribution < 1.29 is 18.9 Å². The van der Waals surface area contributed by atoms with Gasteiger partial charge in [0.25, 0.3) is 0 Å². The lowest BCUT2D eigenvalue weighted by molar-refractivity contribution is 0.129. The number of nitrogens with zero attached hydrogens (tertiary/aromatic N) is 1. The van der Waals surface area contributed by atoms with Crippen LogP contribution in [0.25, 0.3) is 0 Å². The van der Waals surface area contributed by atoms with Crippen LogP contribution in [0.15, 0.2) is 17.1 Å². The predicted molar refractivity (Wildman–Crippen MR) is 125 cm³/mol. The molecule has 0 fully saturated rings. The number of guanidine groups is 1. The number of halogens is 1. The molecule has 0 unspecified atom stereocenters. The third-order valence-corrected chi connectivity index (χ3v) is 3.94. The number of methoxy groups -OCH3 is 3. The molecule has 1 rings (SSSR count). The van der Waals surface area contributed by atoms with Crippen molar-refractivity contribution in [3.05, 3.63) is 17.7 Å². The van der Waals surface area contributed by atoms with E-state index in [-0.39, 0.29) is 24.0 Å². The van der Waals surface area contributed by atoms with Gasteiger partial charge in [0, 0.05) is 37.9 Å². The average molecular weight is 509 g/mol. The molecular weight excluding hydrogens is 473 g/mol. The Balaban J connectivity index is 0.00000729. The van der Waals surface area contributed by atoms with Crippen LogP contribution in [0.2, 0.25) is 0 Å². The van der Waals surface area contributed by atoms with Crippen molar-refractivity contribution in [1.29, 1.82) is 0 Å². The first-order valence-electron chi connectivity index (χ1n) is 9.58. The number of benzene rings is 1. The molecule has 0 saturated heterocycles. The van der Waals surface area contributed by atoms with Gasteiger partial charge in [0.2, 0.25) is 0 Å². The largest absolute Gasteiger partial charge is 0.496 e. The van der Waals surface area contributed by atoms with Crippen molar-refractivity contribution >= 4 is 29.9 Å². The van der Waals surface area contributed by atoms with E-state index in [9.17, 15) is 0 Å². The van der Waals surface area contributed by atoms with Gasteiger partial charge in [0.1, 0.15) is 5.75 Å². The van der Waals surface area contributed by atoms with Crippen LogP contribution in [-0.4, -0.2) is 53.6 Å². The fourth-order valence-electron chi connectivity index (χ4n) is 2.45. The smallest absolute Gasteiger partial charge is 0.191 e. The second-order valence-electron chi connectivity index (χ2n) is 5.96. The Hall–Kier alpha value is -1.42. The van der Waals surface area contributed by atoms with Crippen LogP contribution in [0.1, 0.15) is 38.7 Å². The van der Waals surface area contributed by atoms with Crippen LogP contribution in [-0.2, 0) is 11.3 Å². The molecule has 0 spiro atoms. The lowest BCUT2D eigenvalue weighted by Gasteiger charge is -2.14. The molecule has 0 saturated carbocycles. The minimum atomic E-state index is 0. The van der Waals surface area contributed by atoms with E-state index in [1.165, 1.54) is 0 Å². The number of hydrogen-bond acceptors (Lipinski definition) is 5. The molecule has 0 aliphatic rings. The van der Waals surface area contributed by atoms with Crippen molar-refractivity contribution in [3.8, 4) is 17.2 Å². The number of nitrogens with one attached hydrogen (secondary N) is 2. The highest BCUT2D eigenvalue weighted by atomic mass is 127. The van der Waals surface area contributed by atoms with E-state index in [1.54, 1.807) is 21.3 Å².